The van der Waals surface area contributed by atoms with Gasteiger partial charge in [-0.05, 0) is 35.9 Å². The summed E-state index contributed by atoms with van der Waals surface area (Å²) >= 11 is 9.47. The van der Waals surface area contributed by atoms with Gasteiger partial charge in [0.25, 0.3) is 11.8 Å². The number of fused-ring (bicyclic) bond motifs is 1. The van der Waals surface area contributed by atoms with Crippen molar-refractivity contribution in [1.82, 2.24) is 4.90 Å². The molecule has 150 valence electrons. The maximum Gasteiger partial charge on any atom is 0.335 e. The molecule has 4 rings (SSSR count). The van der Waals surface area contributed by atoms with Crippen molar-refractivity contribution in [1.29, 1.82) is 0 Å². The number of nitrogens with zero attached hydrogens (tertiary/aromatic N) is 1. The number of benzene rings is 3. The zero-order valence-electron chi connectivity index (χ0n) is 15.5. The number of halogens is 2. The molecule has 1 aliphatic rings. The summed E-state index contributed by atoms with van der Waals surface area (Å²) in [6.07, 6.45) is 0.124. The quantitative estimate of drug-likeness (QED) is 0.293. The van der Waals surface area contributed by atoms with Crippen molar-refractivity contribution < 1.29 is 19.1 Å². The normalized spacial score (nSPS) is 13.9. The lowest BCUT2D eigenvalue weighted by Gasteiger charge is -2.25. The van der Waals surface area contributed by atoms with E-state index in [9.17, 15) is 14.4 Å². The third-order valence-corrected chi connectivity index (χ3v) is 5.57. The predicted octanol–water partition coefficient (Wildman–Crippen LogP) is 4.92. The summed E-state index contributed by atoms with van der Waals surface area (Å²) in [5.74, 6) is -1.62. The number of carbonyl (C=O) groups is 3. The van der Waals surface area contributed by atoms with E-state index < -0.39 is 23.8 Å². The molecule has 0 N–H and O–H groups in total. The summed E-state index contributed by atoms with van der Waals surface area (Å²) in [6, 6.07) is 19.3. The summed E-state index contributed by atoms with van der Waals surface area (Å²) in [4.78, 5) is 40.1. The maximum atomic E-state index is 13.1. The lowest BCUT2D eigenvalue weighted by atomic mass is 10.0. The van der Waals surface area contributed by atoms with Crippen molar-refractivity contribution in [3.05, 3.63) is 99.0 Å². The Hall–Kier alpha value is -2.96. The molecule has 0 aliphatic carbocycles. The molecule has 1 atom stereocenters. The van der Waals surface area contributed by atoms with Gasteiger partial charge >= 0.3 is 5.97 Å². The number of carbonyl (C=O) groups excluding carboxylic acids is 3. The number of ether oxygens (including phenoxy) is 1. The van der Waals surface area contributed by atoms with Crippen molar-refractivity contribution in [2.24, 2.45) is 0 Å². The number of imide groups is 1. The van der Waals surface area contributed by atoms with E-state index in [-0.39, 0.29) is 28.3 Å². The SMILES string of the molecule is O=C(Oc1ccc(Br)cc1Cl)[C@@H](Cc1ccccc1)N1C(=O)c2ccccc2C1=O. The van der Waals surface area contributed by atoms with Crippen molar-refractivity contribution in [2.45, 2.75) is 12.5 Å². The minimum Gasteiger partial charge on any atom is -0.423 e. The molecule has 5 nitrogen and oxygen atoms in total. The maximum absolute atomic E-state index is 13.1. The Morgan fingerprint density at radius 2 is 1.53 bits per heavy atom. The van der Waals surface area contributed by atoms with E-state index >= 15 is 0 Å². The van der Waals surface area contributed by atoms with Crippen LogP contribution in [0.25, 0.3) is 0 Å². The lowest BCUT2D eigenvalue weighted by Crippen LogP contribution is -2.48. The van der Waals surface area contributed by atoms with Crippen LogP contribution in [0.5, 0.6) is 5.75 Å². The average molecular weight is 485 g/mol. The second-order valence-corrected chi connectivity index (χ2v) is 8.05. The predicted molar refractivity (Wildman–Crippen MR) is 116 cm³/mol. The van der Waals surface area contributed by atoms with Gasteiger partial charge in [-0.25, -0.2) is 4.79 Å². The zero-order valence-corrected chi connectivity index (χ0v) is 17.9. The van der Waals surface area contributed by atoms with E-state index in [1.807, 2.05) is 30.3 Å². The average Bonchev–Trinajstić information content (AvgIpc) is 3.00. The Morgan fingerprint density at radius 3 is 2.13 bits per heavy atom. The molecule has 0 unspecified atom stereocenters. The molecule has 0 fully saturated rings. The van der Waals surface area contributed by atoms with E-state index in [1.54, 1.807) is 42.5 Å². The molecule has 0 saturated carbocycles. The van der Waals surface area contributed by atoms with Crippen LogP contribution < -0.4 is 4.74 Å². The summed E-state index contributed by atoms with van der Waals surface area (Å²) in [6.45, 7) is 0. The second kappa shape index (κ2) is 8.42. The molecule has 0 saturated heterocycles. The molecule has 7 heteroatoms. The first kappa shape index (κ1) is 20.3. The molecule has 1 aliphatic heterocycles. The molecule has 0 spiro atoms. The fourth-order valence-corrected chi connectivity index (χ4v) is 4.05. The third kappa shape index (κ3) is 3.88. The minimum atomic E-state index is -1.14. The Balaban J connectivity index is 1.69. The Bertz CT molecular complexity index is 1110. The largest absolute Gasteiger partial charge is 0.423 e. The van der Waals surface area contributed by atoms with Crippen LogP contribution in [0, 0.1) is 0 Å². The monoisotopic (exact) mass is 483 g/mol. The number of amides is 2. The molecule has 2 amide bonds. The highest BCUT2D eigenvalue weighted by Gasteiger charge is 2.43. The Kier molecular flexibility index (Phi) is 5.70. The van der Waals surface area contributed by atoms with Crippen LogP contribution in [0.15, 0.2) is 77.3 Å². The molecule has 0 radical (unpaired) electrons. The first-order valence-electron chi connectivity index (χ1n) is 9.13. The topological polar surface area (TPSA) is 63.7 Å². The lowest BCUT2D eigenvalue weighted by molar-refractivity contribution is -0.138. The first-order chi connectivity index (χ1) is 14.5. The molecule has 30 heavy (non-hydrogen) atoms. The van der Waals surface area contributed by atoms with E-state index in [0.29, 0.717) is 0 Å². The third-order valence-electron chi connectivity index (χ3n) is 4.79. The van der Waals surface area contributed by atoms with Gasteiger partial charge in [0, 0.05) is 10.9 Å². The molecular weight excluding hydrogens is 470 g/mol. The van der Waals surface area contributed by atoms with Crippen LogP contribution in [0.4, 0.5) is 0 Å². The molecule has 3 aromatic carbocycles. The van der Waals surface area contributed by atoms with Crippen molar-refractivity contribution in [3.8, 4) is 5.75 Å². The van der Waals surface area contributed by atoms with Gasteiger partial charge in [-0.1, -0.05) is 70.0 Å². The van der Waals surface area contributed by atoms with Crippen molar-refractivity contribution in [3.63, 3.8) is 0 Å². The molecule has 1 heterocycles. The zero-order chi connectivity index (χ0) is 21.3. The Morgan fingerprint density at radius 1 is 0.933 bits per heavy atom. The summed E-state index contributed by atoms with van der Waals surface area (Å²) < 4.78 is 6.23. The van der Waals surface area contributed by atoms with E-state index in [2.05, 4.69) is 15.9 Å². The fraction of sp³-hybridized carbons (Fsp3) is 0.0870. The first-order valence-corrected chi connectivity index (χ1v) is 10.3. The smallest absolute Gasteiger partial charge is 0.335 e. The van der Waals surface area contributed by atoms with Gasteiger partial charge in [-0.2, -0.15) is 0 Å². The van der Waals surface area contributed by atoms with Crippen LogP contribution in [0.2, 0.25) is 5.02 Å². The van der Waals surface area contributed by atoms with E-state index in [4.69, 9.17) is 16.3 Å². The highest BCUT2D eigenvalue weighted by Crippen LogP contribution is 2.30. The van der Waals surface area contributed by atoms with Crippen molar-refractivity contribution >= 4 is 45.3 Å². The van der Waals surface area contributed by atoms with Gasteiger partial charge in [-0.3, -0.25) is 14.5 Å². The van der Waals surface area contributed by atoms with Crippen LogP contribution in [0.3, 0.4) is 0 Å². The van der Waals surface area contributed by atoms with Crippen LogP contribution in [-0.2, 0) is 11.2 Å². The fourth-order valence-electron chi connectivity index (χ4n) is 3.34. The van der Waals surface area contributed by atoms with Crippen molar-refractivity contribution in [2.75, 3.05) is 0 Å². The molecule has 0 aromatic heterocycles. The van der Waals surface area contributed by atoms with Crippen LogP contribution in [0.1, 0.15) is 26.3 Å². The number of hydrogen-bond donors (Lipinski definition) is 0. The summed E-state index contributed by atoms with van der Waals surface area (Å²) in [5.41, 5.74) is 1.34. The molecule has 0 bridgehead atoms. The van der Waals surface area contributed by atoms with Gasteiger partial charge in [0.1, 0.15) is 11.8 Å². The molecule has 3 aromatic rings. The van der Waals surface area contributed by atoms with E-state index in [1.165, 1.54) is 0 Å². The number of rotatable bonds is 5. The number of hydrogen-bond acceptors (Lipinski definition) is 4. The Labute approximate surface area is 186 Å². The second-order valence-electron chi connectivity index (χ2n) is 6.73. The summed E-state index contributed by atoms with van der Waals surface area (Å²) in [7, 11) is 0. The highest BCUT2D eigenvalue weighted by atomic mass is 79.9. The molecular formula is C23H15BrClNO4. The summed E-state index contributed by atoms with van der Waals surface area (Å²) in [5, 5.41) is 0.235. The van der Waals surface area contributed by atoms with Gasteiger partial charge < -0.3 is 4.74 Å². The van der Waals surface area contributed by atoms with Gasteiger partial charge in [-0.15, -0.1) is 0 Å². The number of esters is 1. The standard InChI is InChI=1S/C23H15BrClNO4/c24-15-10-11-20(18(25)13-15)30-23(29)19(12-14-6-2-1-3-7-14)26-21(27)16-8-4-5-9-17(16)22(26)28/h1-11,13,19H,12H2/t19-/m1/s1. The van der Waals surface area contributed by atoms with Gasteiger partial charge in [0.05, 0.1) is 16.1 Å². The van der Waals surface area contributed by atoms with Gasteiger partial charge in [0.15, 0.2) is 0 Å². The van der Waals surface area contributed by atoms with Crippen LogP contribution in [-0.4, -0.2) is 28.7 Å². The minimum absolute atomic E-state index is 0.124. The highest BCUT2D eigenvalue weighted by molar-refractivity contribution is 9.10. The van der Waals surface area contributed by atoms with Crippen LogP contribution >= 0.6 is 27.5 Å². The van der Waals surface area contributed by atoms with E-state index in [0.717, 1.165) is 14.9 Å². The van der Waals surface area contributed by atoms with Gasteiger partial charge in [0.2, 0.25) is 0 Å².